The van der Waals surface area contributed by atoms with Gasteiger partial charge in [0.15, 0.2) is 0 Å². The van der Waals surface area contributed by atoms with Crippen LogP contribution in [-0.4, -0.2) is 19.0 Å². The molecule has 1 aliphatic rings. The van der Waals surface area contributed by atoms with Gasteiger partial charge >= 0.3 is 0 Å². The predicted octanol–water partition coefficient (Wildman–Crippen LogP) is 1.87. The average Bonchev–Trinajstić information content (AvgIpc) is 2.94. The van der Waals surface area contributed by atoms with Crippen molar-refractivity contribution < 1.29 is 4.79 Å². The van der Waals surface area contributed by atoms with Crippen LogP contribution in [0.4, 0.5) is 5.69 Å². The Hall–Kier alpha value is -1.51. The lowest BCUT2D eigenvalue weighted by atomic mass is 10.2. The molecule has 0 heterocycles. The summed E-state index contributed by atoms with van der Waals surface area (Å²) < 4.78 is 0. The summed E-state index contributed by atoms with van der Waals surface area (Å²) in [5, 5.41) is 6.02. The van der Waals surface area contributed by atoms with Crippen LogP contribution in [0, 0.1) is 5.92 Å². The molecule has 1 aromatic carbocycles. The van der Waals surface area contributed by atoms with Gasteiger partial charge in [0.1, 0.15) is 0 Å². The van der Waals surface area contributed by atoms with Crippen molar-refractivity contribution in [1.29, 1.82) is 0 Å². The van der Waals surface area contributed by atoms with Gasteiger partial charge in [0.05, 0.1) is 0 Å². The zero-order valence-corrected chi connectivity index (χ0v) is 9.08. The second-order valence-electron chi connectivity index (χ2n) is 4.12. The molecule has 0 radical (unpaired) electrons. The highest BCUT2D eigenvalue weighted by molar-refractivity contribution is 5.94. The summed E-state index contributed by atoms with van der Waals surface area (Å²) in [6.07, 6.45) is 1.11. The molecule has 1 aliphatic carbocycles. The Balaban J connectivity index is 1.99. The standard InChI is InChI=1S/C12H16N2O/c1-8-7-11(8)14-12(15)9-3-5-10(13-2)6-4-9/h3-6,8,11,13H,7H2,1-2H3,(H,14,15). The van der Waals surface area contributed by atoms with Gasteiger partial charge in [0.25, 0.3) is 5.91 Å². The summed E-state index contributed by atoms with van der Waals surface area (Å²) in [6, 6.07) is 7.89. The van der Waals surface area contributed by atoms with Crippen molar-refractivity contribution in [3.8, 4) is 0 Å². The molecular formula is C12H16N2O. The molecule has 0 bridgehead atoms. The Morgan fingerprint density at radius 2 is 1.93 bits per heavy atom. The molecule has 80 valence electrons. The van der Waals surface area contributed by atoms with Crippen molar-refractivity contribution in [2.75, 3.05) is 12.4 Å². The molecule has 0 aliphatic heterocycles. The van der Waals surface area contributed by atoms with Crippen LogP contribution in [-0.2, 0) is 0 Å². The average molecular weight is 204 g/mol. The van der Waals surface area contributed by atoms with E-state index in [1.807, 2.05) is 31.3 Å². The van der Waals surface area contributed by atoms with Gasteiger partial charge in [-0.2, -0.15) is 0 Å². The van der Waals surface area contributed by atoms with Crippen LogP contribution >= 0.6 is 0 Å². The van der Waals surface area contributed by atoms with E-state index < -0.39 is 0 Å². The molecule has 3 heteroatoms. The van der Waals surface area contributed by atoms with Gasteiger partial charge in [-0.15, -0.1) is 0 Å². The fraction of sp³-hybridized carbons (Fsp3) is 0.417. The molecule has 2 atom stereocenters. The van der Waals surface area contributed by atoms with Crippen LogP contribution in [0.15, 0.2) is 24.3 Å². The highest BCUT2D eigenvalue weighted by Crippen LogP contribution is 2.29. The smallest absolute Gasteiger partial charge is 0.251 e. The van der Waals surface area contributed by atoms with Crippen LogP contribution in [0.25, 0.3) is 0 Å². The SMILES string of the molecule is CNc1ccc(C(=O)NC2CC2C)cc1. The fourth-order valence-corrected chi connectivity index (χ4v) is 1.56. The van der Waals surface area contributed by atoms with Crippen LogP contribution in [0.5, 0.6) is 0 Å². The Kier molecular flexibility index (Phi) is 2.62. The topological polar surface area (TPSA) is 41.1 Å². The summed E-state index contributed by atoms with van der Waals surface area (Å²) in [4.78, 5) is 11.7. The highest BCUT2D eigenvalue weighted by Gasteiger charge is 2.33. The van der Waals surface area contributed by atoms with Crippen molar-refractivity contribution in [2.45, 2.75) is 19.4 Å². The summed E-state index contributed by atoms with van der Waals surface area (Å²) in [6.45, 7) is 2.15. The van der Waals surface area contributed by atoms with Gasteiger partial charge in [-0.3, -0.25) is 4.79 Å². The summed E-state index contributed by atoms with van der Waals surface area (Å²) >= 11 is 0. The Bertz CT molecular complexity index is 358. The van der Waals surface area contributed by atoms with Crippen molar-refractivity contribution in [2.24, 2.45) is 5.92 Å². The molecule has 0 saturated heterocycles. The van der Waals surface area contributed by atoms with Gasteiger partial charge in [0.2, 0.25) is 0 Å². The van der Waals surface area contributed by atoms with Crippen LogP contribution < -0.4 is 10.6 Å². The second-order valence-corrected chi connectivity index (χ2v) is 4.12. The van der Waals surface area contributed by atoms with E-state index >= 15 is 0 Å². The van der Waals surface area contributed by atoms with Crippen molar-refractivity contribution in [1.82, 2.24) is 5.32 Å². The van der Waals surface area contributed by atoms with E-state index in [9.17, 15) is 4.79 Å². The third-order valence-corrected chi connectivity index (χ3v) is 2.86. The van der Waals surface area contributed by atoms with Gasteiger partial charge in [-0.05, 0) is 36.6 Å². The van der Waals surface area contributed by atoms with Crippen molar-refractivity contribution >= 4 is 11.6 Å². The van der Waals surface area contributed by atoms with Crippen molar-refractivity contribution in [3.05, 3.63) is 29.8 Å². The number of anilines is 1. The number of amides is 1. The van der Waals surface area contributed by atoms with E-state index in [1.165, 1.54) is 0 Å². The Labute approximate surface area is 89.9 Å². The van der Waals surface area contributed by atoms with E-state index in [0.29, 0.717) is 12.0 Å². The second kappa shape index (κ2) is 3.93. The first-order valence-corrected chi connectivity index (χ1v) is 5.29. The maximum absolute atomic E-state index is 11.7. The molecule has 0 aromatic heterocycles. The lowest BCUT2D eigenvalue weighted by molar-refractivity contribution is 0.0949. The first-order valence-electron chi connectivity index (χ1n) is 5.29. The van der Waals surface area contributed by atoms with Crippen LogP contribution in [0.2, 0.25) is 0 Å². The van der Waals surface area contributed by atoms with Gasteiger partial charge in [-0.1, -0.05) is 6.92 Å². The Morgan fingerprint density at radius 1 is 1.33 bits per heavy atom. The van der Waals surface area contributed by atoms with E-state index in [0.717, 1.165) is 17.7 Å². The molecule has 15 heavy (non-hydrogen) atoms. The summed E-state index contributed by atoms with van der Waals surface area (Å²) in [5.41, 5.74) is 1.75. The third-order valence-electron chi connectivity index (χ3n) is 2.86. The molecule has 1 saturated carbocycles. The van der Waals surface area contributed by atoms with Crippen LogP contribution in [0.1, 0.15) is 23.7 Å². The first-order chi connectivity index (χ1) is 7.20. The zero-order valence-electron chi connectivity index (χ0n) is 9.08. The number of rotatable bonds is 3. The molecule has 0 spiro atoms. The number of benzene rings is 1. The third kappa shape index (κ3) is 2.29. The lowest BCUT2D eigenvalue weighted by Crippen LogP contribution is -2.26. The highest BCUT2D eigenvalue weighted by atomic mass is 16.1. The minimum atomic E-state index is 0.0343. The van der Waals surface area contributed by atoms with E-state index in [-0.39, 0.29) is 5.91 Å². The summed E-state index contributed by atoms with van der Waals surface area (Å²) in [7, 11) is 1.86. The molecule has 3 nitrogen and oxygen atoms in total. The van der Waals surface area contributed by atoms with E-state index in [2.05, 4.69) is 17.6 Å². The Morgan fingerprint density at radius 3 is 2.40 bits per heavy atom. The molecule has 2 unspecified atom stereocenters. The van der Waals surface area contributed by atoms with E-state index in [1.54, 1.807) is 0 Å². The lowest BCUT2D eigenvalue weighted by Gasteiger charge is -2.05. The zero-order chi connectivity index (χ0) is 10.8. The predicted molar refractivity (Wildman–Crippen MR) is 61.0 cm³/mol. The number of hydrogen-bond donors (Lipinski definition) is 2. The molecule has 2 rings (SSSR count). The molecular weight excluding hydrogens is 188 g/mol. The quantitative estimate of drug-likeness (QED) is 0.789. The van der Waals surface area contributed by atoms with Crippen molar-refractivity contribution in [3.63, 3.8) is 0 Å². The van der Waals surface area contributed by atoms with E-state index in [4.69, 9.17) is 0 Å². The van der Waals surface area contributed by atoms with Gasteiger partial charge < -0.3 is 10.6 Å². The number of hydrogen-bond acceptors (Lipinski definition) is 2. The molecule has 1 fully saturated rings. The minimum Gasteiger partial charge on any atom is -0.388 e. The first kappa shape index (κ1) is 10.0. The monoisotopic (exact) mass is 204 g/mol. The number of nitrogens with one attached hydrogen (secondary N) is 2. The van der Waals surface area contributed by atoms with Gasteiger partial charge in [0, 0.05) is 24.3 Å². The normalized spacial score (nSPS) is 23.3. The molecule has 1 amide bonds. The molecule has 2 N–H and O–H groups in total. The maximum Gasteiger partial charge on any atom is 0.251 e. The number of carbonyl (C=O) groups excluding carboxylic acids is 1. The van der Waals surface area contributed by atoms with Crippen LogP contribution in [0.3, 0.4) is 0 Å². The minimum absolute atomic E-state index is 0.0343. The fourth-order valence-electron chi connectivity index (χ4n) is 1.56. The summed E-state index contributed by atoms with van der Waals surface area (Å²) in [5.74, 6) is 0.678. The maximum atomic E-state index is 11.7. The largest absolute Gasteiger partial charge is 0.388 e. The van der Waals surface area contributed by atoms with Gasteiger partial charge in [-0.25, -0.2) is 0 Å². The molecule has 1 aromatic rings. The number of carbonyl (C=O) groups is 1.